The molecule has 0 amide bonds. The van der Waals surface area contributed by atoms with E-state index in [9.17, 15) is 10.1 Å². The van der Waals surface area contributed by atoms with Crippen molar-refractivity contribution in [3.8, 4) is 22.9 Å². The zero-order valence-corrected chi connectivity index (χ0v) is 21.0. The van der Waals surface area contributed by atoms with Gasteiger partial charge in [0.25, 0.3) is 5.56 Å². The lowest BCUT2D eigenvalue weighted by Crippen LogP contribution is -2.28. The first-order valence-electron chi connectivity index (χ1n) is 11.5. The van der Waals surface area contributed by atoms with Gasteiger partial charge in [-0.05, 0) is 60.7 Å². The fourth-order valence-electron chi connectivity index (χ4n) is 4.20. The molecule has 0 atom stereocenters. The van der Waals surface area contributed by atoms with E-state index < -0.39 is 0 Å². The van der Waals surface area contributed by atoms with Crippen LogP contribution >= 0.6 is 15.9 Å². The first-order valence-corrected chi connectivity index (χ1v) is 12.3. The van der Waals surface area contributed by atoms with Crippen molar-refractivity contribution >= 4 is 15.9 Å². The molecule has 1 heterocycles. The Labute approximate surface area is 208 Å². The van der Waals surface area contributed by atoms with Crippen LogP contribution in [0.1, 0.15) is 48.0 Å². The normalized spacial score (nSPS) is 10.8. The van der Waals surface area contributed by atoms with Crippen molar-refractivity contribution in [1.82, 2.24) is 9.55 Å². The van der Waals surface area contributed by atoms with Crippen LogP contribution < -0.4 is 5.56 Å². The van der Waals surface area contributed by atoms with E-state index in [1.54, 1.807) is 4.57 Å². The van der Waals surface area contributed by atoms with Crippen LogP contribution in [0.5, 0.6) is 0 Å². The standard InChI is InChI=1S/C29H26BrN3O/c1-3-4-12-28-27(29(34)33(20(2)32-28)25-10-7-9-24(30)18-25)17-21-13-15-22(16-14-21)26-11-6-5-8-23(26)19-31/h5-11,13-16,18H,3-4,12,17H2,1-2H3. The Balaban J connectivity index is 1.75. The third-order valence-electron chi connectivity index (χ3n) is 5.96. The molecule has 4 aromatic rings. The maximum Gasteiger partial charge on any atom is 0.261 e. The second-order valence-electron chi connectivity index (χ2n) is 8.34. The van der Waals surface area contributed by atoms with Crippen LogP contribution in [0.25, 0.3) is 16.8 Å². The molecule has 0 fully saturated rings. The first kappa shape index (κ1) is 23.7. The molecule has 0 radical (unpaired) electrons. The fourth-order valence-corrected chi connectivity index (χ4v) is 4.59. The highest BCUT2D eigenvalue weighted by Crippen LogP contribution is 2.25. The third kappa shape index (κ3) is 5.03. The van der Waals surface area contributed by atoms with Crippen molar-refractivity contribution in [3.63, 3.8) is 0 Å². The smallest absolute Gasteiger partial charge is 0.261 e. The summed E-state index contributed by atoms with van der Waals surface area (Å²) in [6.45, 7) is 4.04. The molecule has 0 aliphatic rings. The van der Waals surface area contributed by atoms with Gasteiger partial charge in [-0.15, -0.1) is 0 Å². The molecule has 170 valence electrons. The summed E-state index contributed by atoms with van der Waals surface area (Å²) in [5.74, 6) is 0.696. The molecular formula is C29H26BrN3O. The summed E-state index contributed by atoms with van der Waals surface area (Å²) >= 11 is 3.51. The van der Waals surface area contributed by atoms with Crippen LogP contribution in [0.4, 0.5) is 0 Å². The summed E-state index contributed by atoms with van der Waals surface area (Å²) in [6, 6.07) is 25.7. The molecule has 4 rings (SSSR count). The number of aryl methyl sites for hydroxylation is 2. The van der Waals surface area contributed by atoms with Crippen molar-refractivity contribution in [3.05, 3.63) is 116 Å². The lowest BCUT2D eigenvalue weighted by atomic mass is 9.96. The Bertz CT molecular complexity index is 1410. The monoisotopic (exact) mass is 511 g/mol. The van der Waals surface area contributed by atoms with Gasteiger partial charge in [-0.3, -0.25) is 9.36 Å². The zero-order chi connectivity index (χ0) is 24.1. The average Bonchev–Trinajstić information content (AvgIpc) is 2.85. The van der Waals surface area contributed by atoms with Crippen molar-refractivity contribution in [1.29, 1.82) is 5.26 Å². The molecule has 0 aliphatic heterocycles. The summed E-state index contributed by atoms with van der Waals surface area (Å²) in [4.78, 5) is 18.6. The van der Waals surface area contributed by atoms with Gasteiger partial charge in [-0.25, -0.2) is 4.98 Å². The summed E-state index contributed by atoms with van der Waals surface area (Å²) in [5, 5.41) is 9.42. The Morgan fingerprint density at radius 2 is 1.79 bits per heavy atom. The van der Waals surface area contributed by atoms with Gasteiger partial charge in [0.2, 0.25) is 0 Å². The summed E-state index contributed by atoms with van der Waals surface area (Å²) in [7, 11) is 0. The van der Waals surface area contributed by atoms with Crippen LogP contribution in [0.3, 0.4) is 0 Å². The number of hydrogen-bond acceptors (Lipinski definition) is 3. The van der Waals surface area contributed by atoms with Gasteiger partial charge < -0.3 is 0 Å². The van der Waals surface area contributed by atoms with Gasteiger partial charge in [0.1, 0.15) is 5.82 Å². The number of aromatic nitrogens is 2. The molecule has 0 aliphatic carbocycles. The highest BCUT2D eigenvalue weighted by Gasteiger charge is 2.16. The molecule has 5 heteroatoms. The highest BCUT2D eigenvalue weighted by molar-refractivity contribution is 9.10. The number of nitrogens with zero attached hydrogens (tertiary/aromatic N) is 3. The van der Waals surface area contributed by atoms with E-state index in [0.717, 1.165) is 57.4 Å². The fraction of sp³-hybridized carbons (Fsp3) is 0.207. The van der Waals surface area contributed by atoms with E-state index in [1.807, 2.05) is 79.7 Å². The molecule has 0 unspecified atom stereocenters. The maximum absolute atomic E-state index is 13.7. The number of unbranched alkanes of at least 4 members (excludes halogenated alkanes) is 1. The van der Waals surface area contributed by atoms with Gasteiger partial charge in [0.05, 0.1) is 23.0 Å². The number of benzene rings is 3. The first-order chi connectivity index (χ1) is 16.5. The summed E-state index contributed by atoms with van der Waals surface area (Å²) < 4.78 is 2.62. The molecule has 0 saturated heterocycles. The van der Waals surface area contributed by atoms with Gasteiger partial charge in [-0.2, -0.15) is 5.26 Å². The van der Waals surface area contributed by atoms with Crippen LogP contribution in [-0.2, 0) is 12.8 Å². The second-order valence-corrected chi connectivity index (χ2v) is 9.26. The lowest BCUT2D eigenvalue weighted by molar-refractivity contribution is 0.733. The minimum absolute atomic E-state index is 0.0180. The largest absolute Gasteiger partial charge is 0.269 e. The zero-order valence-electron chi connectivity index (χ0n) is 19.4. The molecule has 1 aromatic heterocycles. The molecular weight excluding hydrogens is 486 g/mol. The third-order valence-corrected chi connectivity index (χ3v) is 6.45. The highest BCUT2D eigenvalue weighted by atomic mass is 79.9. The van der Waals surface area contributed by atoms with Crippen molar-refractivity contribution in [2.75, 3.05) is 0 Å². The maximum atomic E-state index is 13.7. The topological polar surface area (TPSA) is 58.7 Å². The van der Waals surface area contributed by atoms with E-state index in [2.05, 4.69) is 28.9 Å². The Kier molecular flexibility index (Phi) is 7.40. The SMILES string of the molecule is CCCCc1nc(C)n(-c2cccc(Br)c2)c(=O)c1Cc1ccc(-c2ccccc2C#N)cc1. The Morgan fingerprint density at radius 3 is 2.50 bits per heavy atom. The van der Waals surface area contributed by atoms with Crippen molar-refractivity contribution in [2.45, 2.75) is 39.5 Å². The van der Waals surface area contributed by atoms with Crippen LogP contribution in [0.2, 0.25) is 0 Å². The minimum atomic E-state index is -0.0180. The average molecular weight is 512 g/mol. The van der Waals surface area contributed by atoms with Gasteiger partial charge in [-0.1, -0.05) is 77.8 Å². The quantitative estimate of drug-likeness (QED) is 0.274. The molecule has 34 heavy (non-hydrogen) atoms. The number of nitriles is 1. The number of halogens is 1. The summed E-state index contributed by atoms with van der Waals surface area (Å²) in [5.41, 5.74) is 6.00. The molecule has 0 bridgehead atoms. The van der Waals surface area contributed by atoms with Crippen LogP contribution in [0.15, 0.2) is 82.1 Å². The minimum Gasteiger partial charge on any atom is -0.269 e. The summed E-state index contributed by atoms with van der Waals surface area (Å²) in [6.07, 6.45) is 3.33. The molecule has 4 nitrogen and oxygen atoms in total. The number of hydrogen-bond donors (Lipinski definition) is 0. The molecule has 0 spiro atoms. The van der Waals surface area contributed by atoms with E-state index in [-0.39, 0.29) is 5.56 Å². The predicted octanol–water partition coefficient (Wildman–Crippen LogP) is 6.78. The molecule has 0 saturated carbocycles. The van der Waals surface area contributed by atoms with E-state index in [0.29, 0.717) is 17.8 Å². The van der Waals surface area contributed by atoms with Crippen LogP contribution in [-0.4, -0.2) is 9.55 Å². The molecule has 3 aromatic carbocycles. The Morgan fingerprint density at radius 1 is 1.03 bits per heavy atom. The van der Waals surface area contributed by atoms with E-state index in [4.69, 9.17) is 4.98 Å². The Hall–Kier alpha value is -3.49. The van der Waals surface area contributed by atoms with Crippen molar-refractivity contribution in [2.24, 2.45) is 0 Å². The second kappa shape index (κ2) is 10.6. The van der Waals surface area contributed by atoms with Gasteiger partial charge in [0, 0.05) is 16.5 Å². The van der Waals surface area contributed by atoms with Gasteiger partial charge >= 0.3 is 0 Å². The van der Waals surface area contributed by atoms with Crippen molar-refractivity contribution < 1.29 is 0 Å². The lowest BCUT2D eigenvalue weighted by Gasteiger charge is -2.16. The molecule has 0 N–H and O–H groups in total. The predicted molar refractivity (Wildman–Crippen MR) is 140 cm³/mol. The van der Waals surface area contributed by atoms with Crippen LogP contribution in [0, 0.1) is 18.3 Å². The van der Waals surface area contributed by atoms with E-state index in [1.165, 1.54) is 0 Å². The van der Waals surface area contributed by atoms with E-state index >= 15 is 0 Å². The van der Waals surface area contributed by atoms with Gasteiger partial charge in [0.15, 0.2) is 0 Å². The number of rotatable bonds is 7.